The van der Waals surface area contributed by atoms with Gasteiger partial charge in [-0.15, -0.1) is 0 Å². The molecule has 1 aliphatic heterocycles. The molecule has 1 aromatic rings. The van der Waals surface area contributed by atoms with Crippen molar-refractivity contribution in [2.45, 2.75) is 0 Å². The SMILES string of the molecule is CN(C)N1C(=O)c2ccccc2[Se]1=O. The van der Waals surface area contributed by atoms with Gasteiger partial charge in [-0.25, -0.2) is 0 Å². The standard InChI is InChI=1S/C9H10N2O2Se/c1-10(2)11-9(12)7-5-3-4-6-8(7)14(11)13/h3-6H,1-2H3. The van der Waals surface area contributed by atoms with Crippen LogP contribution in [0.1, 0.15) is 10.4 Å². The molecule has 0 aliphatic carbocycles. The summed E-state index contributed by atoms with van der Waals surface area (Å²) in [5.41, 5.74) is 0.571. The number of amides is 1. The van der Waals surface area contributed by atoms with Crippen LogP contribution in [-0.4, -0.2) is 43.1 Å². The van der Waals surface area contributed by atoms with Gasteiger partial charge in [0.2, 0.25) is 0 Å². The summed E-state index contributed by atoms with van der Waals surface area (Å²) in [6.07, 6.45) is 0. The number of benzene rings is 1. The average molecular weight is 257 g/mol. The third kappa shape index (κ3) is 1.21. The Hall–Kier alpha value is -1.03. The summed E-state index contributed by atoms with van der Waals surface area (Å²) >= 11 is -2.38. The molecule has 0 bridgehead atoms. The number of nitrogens with zero attached hydrogens (tertiary/aromatic N) is 2. The summed E-state index contributed by atoms with van der Waals surface area (Å²) in [6, 6.07) is 7.07. The van der Waals surface area contributed by atoms with Crippen LogP contribution in [0.5, 0.6) is 0 Å². The van der Waals surface area contributed by atoms with Gasteiger partial charge in [0.1, 0.15) is 0 Å². The zero-order chi connectivity index (χ0) is 10.3. The van der Waals surface area contributed by atoms with Crippen molar-refractivity contribution in [2.75, 3.05) is 14.1 Å². The van der Waals surface area contributed by atoms with Crippen molar-refractivity contribution in [1.29, 1.82) is 0 Å². The summed E-state index contributed by atoms with van der Waals surface area (Å²) in [7, 11) is 3.44. The van der Waals surface area contributed by atoms with Gasteiger partial charge in [-0.05, 0) is 0 Å². The Morgan fingerprint density at radius 1 is 1.29 bits per heavy atom. The zero-order valence-electron chi connectivity index (χ0n) is 7.93. The molecule has 74 valence electrons. The van der Waals surface area contributed by atoms with E-state index < -0.39 is 14.1 Å². The van der Waals surface area contributed by atoms with Crippen LogP contribution >= 0.6 is 0 Å². The molecule has 0 aromatic heterocycles. The normalized spacial score (nSPS) is 20.4. The van der Waals surface area contributed by atoms with Gasteiger partial charge < -0.3 is 0 Å². The van der Waals surface area contributed by atoms with Crippen molar-refractivity contribution in [3.8, 4) is 0 Å². The Labute approximate surface area is 86.4 Å². The van der Waals surface area contributed by atoms with Crippen LogP contribution in [0.4, 0.5) is 0 Å². The number of rotatable bonds is 1. The van der Waals surface area contributed by atoms with Crippen molar-refractivity contribution in [2.24, 2.45) is 0 Å². The Morgan fingerprint density at radius 3 is 2.50 bits per heavy atom. The third-order valence-corrected chi connectivity index (χ3v) is 5.23. The zero-order valence-corrected chi connectivity index (χ0v) is 9.64. The maximum absolute atomic E-state index is 11.9. The first kappa shape index (κ1) is 9.52. The number of carbonyl (C=O) groups is 1. The molecule has 2 rings (SSSR count). The van der Waals surface area contributed by atoms with Gasteiger partial charge in [0.25, 0.3) is 0 Å². The molecule has 0 spiro atoms. The van der Waals surface area contributed by atoms with Gasteiger partial charge in [-0.2, -0.15) is 0 Å². The van der Waals surface area contributed by atoms with Gasteiger partial charge >= 0.3 is 86.0 Å². The summed E-state index contributed by atoms with van der Waals surface area (Å²) in [5.74, 6) is -0.161. The molecule has 0 fully saturated rings. The number of hydrogen-bond donors (Lipinski definition) is 0. The van der Waals surface area contributed by atoms with Gasteiger partial charge in [-0.3, -0.25) is 0 Å². The van der Waals surface area contributed by atoms with Crippen LogP contribution in [0.3, 0.4) is 0 Å². The molecule has 0 N–H and O–H groups in total. The maximum atomic E-state index is 11.9. The van der Waals surface area contributed by atoms with Crippen LogP contribution in [0.15, 0.2) is 24.3 Å². The minimum absolute atomic E-state index is 0.161. The second-order valence-electron chi connectivity index (χ2n) is 3.17. The van der Waals surface area contributed by atoms with E-state index in [4.69, 9.17) is 0 Å². The van der Waals surface area contributed by atoms with Crippen LogP contribution in [0, 0.1) is 0 Å². The van der Waals surface area contributed by atoms with Crippen LogP contribution in [0.25, 0.3) is 0 Å². The molecule has 0 saturated carbocycles. The molecule has 4 nitrogen and oxygen atoms in total. The molecule has 1 atom stereocenters. The predicted molar refractivity (Wildman–Crippen MR) is 52.4 cm³/mol. The first-order valence-electron chi connectivity index (χ1n) is 4.15. The predicted octanol–water partition coefficient (Wildman–Crippen LogP) is -0.255. The third-order valence-electron chi connectivity index (χ3n) is 2.00. The summed E-state index contributed by atoms with van der Waals surface area (Å²) in [5, 5.41) is 1.58. The molecule has 1 aliphatic rings. The fourth-order valence-electron chi connectivity index (χ4n) is 1.40. The monoisotopic (exact) mass is 258 g/mol. The quantitative estimate of drug-likeness (QED) is 0.651. The van der Waals surface area contributed by atoms with Crippen molar-refractivity contribution in [3.05, 3.63) is 29.8 Å². The van der Waals surface area contributed by atoms with E-state index in [9.17, 15) is 8.63 Å². The molecule has 0 radical (unpaired) electrons. The van der Waals surface area contributed by atoms with Crippen LogP contribution < -0.4 is 4.46 Å². The molecule has 0 saturated heterocycles. The van der Waals surface area contributed by atoms with Gasteiger partial charge in [-0.1, -0.05) is 0 Å². The van der Waals surface area contributed by atoms with Gasteiger partial charge in [0, 0.05) is 0 Å². The number of carbonyl (C=O) groups excluding carboxylic acids is 1. The summed E-state index contributed by atoms with van der Waals surface area (Å²) < 4.78 is 13.9. The molecular formula is C9H10N2O2Se. The van der Waals surface area contributed by atoms with Crippen LogP contribution in [0.2, 0.25) is 0 Å². The first-order chi connectivity index (χ1) is 6.63. The van der Waals surface area contributed by atoms with E-state index >= 15 is 0 Å². The fourth-order valence-corrected chi connectivity index (χ4v) is 4.06. The molecule has 1 unspecified atom stereocenters. The Balaban J connectivity index is 2.54. The van der Waals surface area contributed by atoms with Gasteiger partial charge in [0.05, 0.1) is 0 Å². The first-order valence-corrected chi connectivity index (χ1v) is 6.47. The van der Waals surface area contributed by atoms with E-state index in [2.05, 4.69) is 0 Å². The average Bonchev–Trinajstić information content (AvgIpc) is 2.41. The molecule has 5 heteroatoms. The van der Waals surface area contributed by atoms with Crippen LogP contribution in [-0.2, 0) is 3.83 Å². The van der Waals surface area contributed by atoms with Crippen molar-refractivity contribution >= 4 is 24.4 Å². The number of fused-ring (bicyclic) bond motifs is 1. The summed E-state index contributed by atoms with van der Waals surface area (Å²) in [6.45, 7) is 0. The minimum atomic E-state index is -2.38. The van der Waals surface area contributed by atoms with E-state index in [-0.39, 0.29) is 5.91 Å². The molecule has 1 heterocycles. The van der Waals surface area contributed by atoms with Crippen molar-refractivity contribution in [3.63, 3.8) is 0 Å². The Morgan fingerprint density at radius 2 is 1.93 bits per heavy atom. The van der Waals surface area contributed by atoms with E-state index in [1.165, 1.54) is 4.03 Å². The molecule has 1 aromatic carbocycles. The number of hydrogen-bond acceptors (Lipinski definition) is 3. The molecule has 1 amide bonds. The molecular weight excluding hydrogens is 247 g/mol. The second kappa shape index (κ2) is 3.28. The van der Waals surface area contributed by atoms with E-state index in [1.807, 2.05) is 0 Å². The fraction of sp³-hybridized carbons (Fsp3) is 0.222. The van der Waals surface area contributed by atoms with E-state index in [1.54, 1.807) is 43.4 Å². The Bertz CT molecular complexity index is 382. The van der Waals surface area contributed by atoms with E-state index in [0.29, 0.717) is 10.0 Å². The summed E-state index contributed by atoms with van der Waals surface area (Å²) in [4.78, 5) is 11.8. The Kier molecular flexibility index (Phi) is 2.23. The van der Waals surface area contributed by atoms with Gasteiger partial charge in [0.15, 0.2) is 0 Å². The molecule has 14 heavy (non-hydrogen) atoms. The van der Waals surface area contributed by atoms with E-state index in [0.717, 1.165) is 0 Å². The topological polar surface area (TPSA) is 40.6 Å². The van der Waals surface area contributed by atoms with Crippen molar-refractivity contribution < 1.29 is 8.63 Å². The van der Waals surface area contributed by atoms with Crippen molar-refractivity contribution in [1.82, 2.24) is 9.03 Å². The second-order valence-corrected chi connectivity index (χ2v) is 5.86. The number of hydrazine groups is 1.